The molecule has 2 aliphatic heterocycles. The SMILES string of the molecule is N#C[C@@]12[C@H](c3ccc(F)cc3)[C@@]1(C#N)C(N)=NC21OCCO1. The van der Waals surface area contributed by atoms with Crippen LogP contribution in [0.3, 0.4) is 0 Å². The monoisotopic (exact) mass is 298 g/mol. The number of nitrogens with two attached hydrogens (primary N) is 1. The number of halogens is 1. The van der Waals surface area contributed by atoms with E-state index in [1.54, 1.807) is 12.1 Å². The van der Waals surface area contributed by atoms with Gasteiger partial charge in [0.25, 0.3) is 5.91 Å². The molecule has 3 atom stereocenters. The molecular weight excluding hydrogens is 287 g/mol. The average molecular weight is 298 g/mol. The van der Waals surface area contributed by atoms with Gasteiger partial charge in [0.15, 0.2) is 5.41 Å². The molecular formula is C15H11FN4O2. The molecule has 1 saturated heterocycles. The quantitative estimate of drug-likeness (QED) is 0.833. The number of hydrogen-bond acceptors (Lipinski definition) is 6. The Kier molecular flexibility index (Phi) is 2.30. The first-order valence-corrected chi connectivity index (χ1v) is 6.80. The lowest BCUT2D eigenvalue weighted by Gasteiger charge is -2.25. The summed E-state index contributed by atoms with van der Waals surface area (Å²) in [5.41, 5.74) is 3.98. The van der Waals surface area contributed by atoms with Crippen molar-refractivity contribution in [2.45, 2.75) is 11.8 Å². The Bertz CT molecular complexity index is 772. The molecule has 0 bridgehead atoms. The molecule has 1 spiro atoms. The predicted molar refractivity (Wildman–Crippen MR) is 71.5 cm³/mol. The van der Waals surface area contributed by atoms with Gasteiger partial charge in [0.1, 0.15) is 17.1 Å². The molecule has 0 radical (unpaired) electrons. The van der Waals surface area contributed by atoms with E-state index in [0.717, 1.165) is 0 Å². The van der Waals surface area contributed by atoms with E-state index < -0.39 is 28.5 Å². The standard InChI is InChI=1S/C15H11FN4O2/c16-10-3-1-9(2-4-10)11-13(7-17)12(19)20-15(14(11,13)8-18)21-5-6-22-15/h1-4,11H,5-6H2,(H2,19,20)/t11-,13+,14-/m1/s1. The van der Waals surface area contributed by atoms with Crippen LogP contribution < -0.4 is 5.73 Å². The minimum absolute atomic E-state index is 0.0350. The van der Waals surface area contributed by atoms with Crippen LogP contribution in [0.4, 0.5) is 4.39 Å². The molecule has 110 valence electrons. The average Bonchev–Trinajstić information content (AvgIpc) is 2.77. The van der Waals surface area contributed by atoms with E-state index in [1.165, 1.54) is 12.1 Å². The van der Waals surface area contributed by atoms with Gasteiger partial charge >= 0.3 is 0 Å². The summed E-state index contributed by atoms with van der Waals surface area (Å²) in [7, 11) is 0. The molecule has 4 rings (SSSR count). The second kappa shape index (κ2) is 3.83. The lowest BCUT2D eigenvalue weighted by Crippen LogP contribution is -2.38. The van der Waals surface area contributed by atoms with Crippen LogP contribution in [0.2, 0.25) is 0 Å². The summed E-state index contributed by atoms with van der Waals surface area (Å²) in [6.07, 6.45) is 0. The molecule has 0 amide bonds. The highest BCUT2D eigenvalue weighted by molar-refractivity contribution is 6.00. The first kappa shape index (κ1) is 13.2. The Morgan fingerprint density at radius 3 is 2.36 bits per heavy atom. The Morgan fingerprint density at radius 1 is 1.18 bits per heavy atom. The summed E-state index contributed by atoms with van der Waals surface area (Å²) in [4.78, 5) is 4.16. The molecule has 22 heavy (non-hydrogen) atoms. The van der Waals surface area contributed by atoms with Crippen LogP contribution in [-0.2, 0) is 9.47 Å². The van der Waals surface area contributed by atoms with Crippen LogP contribution in [0, 0.1) is 39.3 Å². The van der Waals surface area contributed by atoms with Crippen LogP contribution in [0.15, 0.2) is 29.3 Å². The maximum absolute atomic E-state index is 13.2. The molecule has 2 N–H and O–H groups in total. The van der Waals surface area contributed by atoms with Crippen LogP contribution in [0.1, 0.15) is 11.5 Å². The van der Waals surface area contributed by atoms with Crippen molar-refractivity contribution in [3.05, 3.63) is 35.6 Å². The van der Waals surface area contributed by atoms with Gasteiger partial charge in [-0.1, -0.05) is 12.1 Å². The van der Waals surface area contributed by atoms with Crippen molar-refractivity contribution >= 4 is 5.84 Å². The maximum atomic E-state index is 13.2. The normalized spacial score (nSPS) is 37.2. The fraction of sp³-hybridized carbons (Fsp3) is 0.400. The van der Waals surface area contributed by atoms with Crippen molar-refractivity contribution in [2.24, 2.45) is 21.6 Å². The zero-order valence-corrected chi connectivity index (χ0v) is 11.4. The molecule has 1 aromatic carbocycles. The molecule has 1 aliphatic carbocycles. The number of amidine groups is 1. The van der Waals surface area contributed by atoms with E-state index in [9.17, 15) is 14.9 Å². The van der Waals surface area contributed by atoms with Gasteiger partial charge < -0.3 is 15.2 Å². The Hall–Kier alpha value is -2.48. The highest BCUT2D eigenvalue weighted by Gasteiger charge is 2.94. The van der Waals surface area contributed by atoms with E-state index in [-0.39, 0.29) is 19.0 Å². The summed E-state index contributed by atoms with van der Waals surface area (Å²) in [5, 5.41) is 19.5. The zero-order chi connectivity index (χ0) is 15.6. The second-order valence-electron chi connectivity index (χ2n) is 5.60. The maximum Gasteiger partial charge on any atom is 0.293 e. The van der Waals surface area contributed by atoms with Gasteiger partial charge in [0, 0.05) is 5.92 Å². The third-order valence-corrected chi connectivity index (χ3v) is 4.81. The minimum atomic E-state index is -1.54. The Balaban J connectivity index is 1.92. The van der Waals surface area contributed by atoms with Crippen LogP contribution in [0.5, 0.6) is 0 Å². The van der Waals surface area contributed by atoms with Crippen molar-refractivity contribution in [3.63, 3.8) is 0 Å². The summed E-state index contributed by atoms with van der Waals surface area (Å²) >= 11 is 0. The van der Waals surface area contributed by atoms with Gasteiger partial charge in [-0.15, -0.1) is 0 Å². The van der Waals surface area contributed by atoms with Crippen LogP contribution in [-0.4, -0.2) is 25.0 Å². The van der Waals surface area contributed by atoms with Gasteiger partial charge in [0.05, 0.1) is 25.4 Å². The summed E-state index contributed by atoms with van der Waals surface area (Å²) < 4.78 is 24.3. The van der Waals surface area contributed by atoms with Crippen molar-refractivity contribution < 1.29 is 13.9 Å². The second-order valence-corrected chi connectivity index (χ2v) is 5.60. The Morgan fingerprint density at radius 2 is 1.82 bits per heavy atom. The summed E-state index contributed by atoms with van der Waals surface area (Å²) in [6, 6.07) is 9.98. The number of benzene rings is 1. The van der Waals surface area contributed by atoms with Gasteiger partial charge in [-0.2, -0.15) is 10.5 Å². The van der Waals surface area contributed by atoms with Gasteiger partial charge in [-0.3, -0.25) is 0 Å². The van der Waals surface area contributed by atoms with Crippen molar-refractivity contribution in [3.8, 4) is 12.1 Å². The molecule has 0 aromatic heterocycles. The topological polar surface area (TPSA) is 104 Å². The summed E-state index contributed by atoms with van der Waals surface area (Å²) in [5.74, 6) is -2.46. The molecule has 2 heterocycles. The van der Waals surface area contributed by atoms with E-state index in [1.807, 2.05) is 0 Å². The summed E-state index contributed by atoms with van der Waals surface area (Å²) in [6.45, 7) is 0.551. The fourth-order valence-electron chi connectivity index (χ4n) is 3.87. The van der Waals surface area contributed by atoms with Crippen molar-refractivity contribution in [2.75, 3.05) is 13.2 Å². The zero-order valence-electron chi connectivity index (χ0n) is 11.4. The lowest BCUT2D eigenvalue weighted by atomic mass is 9.94. The highest BCUT2D eigenvalue weighted by atomic mass is 19.1. The van der Waals surface area contributed by atoms with Gasteiger partial charge in [-0.25, -0.2) is 9.38 Å². The van der Waals surface area contributed by atoms with Crippen molar-refractivity contribution in [1.82, 2.24) is 0 Å². The van der Waals surface area contributed by atoms with E-state index in [4.69, 9.17) is 15.2 Å². The molecule has 1 aromatic rings. The predicted octanol–water partition coefficient (Wildman–Crippen LogP) is 1.01. The van der Waals surface area contributed by atoms with E-state index in [2.05, 4.69) is 17.1 Å². The number of nitrogens with zero attached hydrogens (tertiary/aromatic N) is 3. The first-order chi connectivity index (χ1) is 10.6. The third kappa shape index (κ3) is 1.11. The Labute approximate surface area is 125 Å². The van der Waals surface area contributed by atoms with Gasteiger partial charge in [-0.05, 0) is 17.7 Å². The molecule has 7 heteroatoms. The molecule has 0 unspecified atom stereocenters. The molecule has 6 nitrogen and oxygen atoms in total. The first-order valence-electron chi connectivity index (χ1n) is 6.80. The number of nitriles is 2. The van der Waals surface area contributed by atoms with E-state index >= 15 is 0 Å². The third-order valence-electron chi connectivity index (χ3n) is 4.81. The van der Waals surface area contributed by atoms with Crippen LogP contribution in [0.25, 0.3) is 0 Å². The largest absolute Gasteiger partial charge is 0.386 e. The highest BCUT2D eigenvalue weighted by Crippen LogP contribution is 2.82. The molecule has 3 aliphatic rings. The number of fused-ring (bicyclic) bond motifs is 2. The van der Waals surface area contributed by atoms with Crippen LogP contribution >= 0.6 is 0 Å². The van der Waals surface area contributed by atoms with Gasteiger partial charge in [0.2, 0.25) is 0 Å². The van der Waals surface area contributed by atoms with E-state index in [0.29, 0.717) is 5.56 Å². The molecule has 2 fully saturated rings. The number of ether oxygens (including phenoxy) is 2. The fourth-order valence-corrected chi connectivity index (χ4v) is 3.87. The smallest absolute Gasteiger partial charge is 0.293 e. The number of aliphatic imine (C=N–C) groups is 1. The minimum Gasteiger partial charge on any atom is -0.386 e. The lowest BCUT2D eigenvalue weighted by molar-refractivity contribution is -0.184. The molecule has 1 saturated carbocycles. The number of rotatable bonds is 1. The van der Waals surface area contributed by atoms with Crippen molar-refractivity contribution in [1.29, 1.82) is 10.5 Å². The number of hydrogen-bond donors (Lipinski definition) is 1.